The Kier molecular flexibility index (Phi) is 7.48. The van der Waals surface area contributed by atoms with Gasteiger partial charge in [-0.25, -0.2) is 9.59 Å². The first-order valence-electron chi connectivity index (χ1n) is 10.5. The highest BCUT2D eigenvalue weighted by Gasteiger charge is 2.32. The number of ether oxygens (including phenoxy) is 2. The van der Waals surface area contributed by atoms with Crippen LogP contribution in [0.4, 0.5) is 4.79 Å². The van der Waals surface area contributed by atoms with Gasteiger partial charge in [0, 0.05) is 19.6 Å². The summed E-state index contributed by atoms with van der Waals surface area (Å²) >= 11 is 0. The standard InChI is InChI=1S/C24H28N2O6/c1-4-26(15(2)23(28)29)22(27)21(14-31-3)25-24(30)32-13-20-18-11-7-5-9-16(18)17-10-6-8-12-19(17)20/h5-12,15,20-21H,4,13-14H2,1-3H3,(H,25,30)(H,28,29). The number of fused-ring (bicyclic) bond motifs is 3. The predicted molar refractivity (Wildman–Crippen MR) is 118 cm³/mol. The number of methoxy groups -OCH3 is 1. The van der Waals surface area contributed by atoms with Gasteiger partial charge >= 0.3 is 12.1 Å². The number of nitrogens with zero attached hydrogens (tertiary/aromatic N) is 1. The van der Waals surface area contributed by atoms with Crippen LogP contribution in [0.5, 0.6) is 0 Å². The number of hydrogen-bond acceptors (Lipinski definition) is 5. The van der Waals surface area contributed by atoms with E-state index in [1.807, 2.05) is 48.5 Å². The van der Waals surface area contributed by atoms with Gasteiger partial charge in [0.2, 0.25) is 5.91 Å². The van der Waals surface area contributed by atoms with Crippen molar-refractivity contribution in [3.63, 3.8) is 0 Å². The highest BCUT2D eigenvalue weighted by Crippen LogP contribution is 2.44. The van der Waals surface area contributed by atoms with Crippen LogP contribution in [0.3, 0.4) is 0 Å². The fourth-order valence-electron chi connectivity index (χ4n) is 4.08. The van der Waals surface area contributed by atoms with E-state index in [0.29, 0.717) is 0 Å². The molecule has 8 heteroatoms. The van der Waals surface area contributed by atoms with Gasteiger partial charge in [-0.05, 0) is 36.1 Å². The minimum absolute atomic E-state index is 0.105. The van der Waals surface area contributed by atoms with Gasteiger partial charge in [0.25, 0.3) is 0 Å². The first-order valence-corrected chi connectivity index (χ1v) is 10.5. The summed E-state index contributed by atoms with van der Waals surface area (Å²) in [7, 11) is 1.40. The molecule has 0 aliphatic heterocycles. The van der Waals surface area contributed by atoms with Crippen LogP contribution >= 0.6 is 0 Å². The monoisotopic (exact) mass is 440 g/mol. The number of benzene rings is 2. The third-order valence-corrected chi connectivity index (χ3v) is 5.72. The summed E-state index contributed by atoms with van der Waals surface area (Å²) in [6.07, 6.45) is -0.763. The summed E-state index contributed by atoms with van der Waals surface area (Å²) in [5.41, 5.74) is 4.40. The van der Waals surface area contributed by atoms with Gasteiger partial charge in [0.15, 0.2) is 0 Å². The van der Waals surface area contributed by atoms with Gasteiger partial charge < -0.3 is 24.8 Å². The lowest BCUT2D eigenvalue weighted by Gasteiger charge is -2.29. The molecule has 3 rings (SSSR count). The van der Waals surface area contributed by atoms with Gasteiger partial charge in [-0.15, -0.1) is 0 Å². The average Bonchev–Trinajstić information content (AvgIpc) is 3.11. The van der Waals surface area contributed by atoms with Crippen LogP contribution in [0.15, 0.2) is 48.5 Å². The van der Waals surface area contributed by atoms with Crippen molar-refractivity contribution in [2.24, 2.45) is 0 Å². The van der Waals surface area contributed by atoms with Gasteiger partial charge in [-0.3, -0.25) is 4.79 Å². The van der Waals surface area contributed by atoms with Crippen LogP contribution in [0, 0.1) is 0 Å². The molecule has 32 heavy (non-hydrogen) atoms. The third-order valence-electron chi connectivity index (χ3n) is 5.72. The number of likely N-dealkylation sites (N-methyl/N-ethyl adjacent to an activating group) is 1. The number of aliphatic carboxylic acids is 1. The molecule has 0 spiro atoms. The van der Waals surface area contributed by atoms with Crippen molar-refractivity contribution in [2.45, 2.75) is 31.8 Å². The normalized spacial score (nSPS) is 14.1. The molecule has 0 radical (unpaired) electrons. The molecule has 0 bridgehead atoms. The maximum atomic E-state index is 12.8. The lowest BCUT2D eigenvalue weighted by molar-refractivity contribution is -0.150. The Morgan fingerprint density at radius 3 is 2.12 bits per heavy atom. The number of amides is 2. The van der Waals surface area contributed by atoms with Crippen LogP contribution in [-0.4, -0.2) is 66.9 Å². The lowest BCUT2D eigenvalue weighted by Crippen LogP contribution is -2.54. The molecule has 170 valence electrons. The van der Waals surface area contributed by atoms with Crippen LogP contribution < -0.4 is 5.32 Å². The molecule has 0 fully saturated rings. The van der Waals surface area contributed by atoms with Crippen molar-refractivity contribution in [1.82, 2.24) is 10.2 Å². The van der Waals surface area contributed by atoms with E-state index in [4.69, 9.17) is 9.47 Å². The van der Waals surface area contributed by atoms with E-state index in [2.05, 4.69) is 5.32 Å². The highest BCUT2D eigenvalue weighted by atomic mass is 16.5. The molecule has 2 N–H and O–H groups in total. The number of carboxylic acid groups (broad SMARTS) is 1. The molecule has 0 heterocycles. The number of carbonyl (C=O) groups excluding carboxylic acids is 2. The molecular weight excluding hydrogens is 412 g/mol. The van der Waals surface area contributed by atoms with Crippen molar-refractivity contribution in [1.29, 1.82) is 0 Å². The summed E-state index contributed by atoms with van der Waals surface area (Å²) in [5, 5.41) is 11.8. The lowest BCUT2D eigenvalue weighted by atomic mass is 9.98. The first-order chi connectivity index (χ1) is 15.4. The molecular formula is C24H28N2O6. The Morgan fingerprint density at radius 1 is 1.06 bits per heavy atom. The van der Waals surface area contributed by atoms with E-state index in [-0.39, 0.29) is 25.7 Å². The average molecular weight is 440 g/mol. The smallest absolute Gasteiger partial charge is 0.407 e. The number of nitrogens with one attached hydrogen (secondary N) is 1. The zero-order valence-electron chi connectivity index (χ0n) is 18.4. The van der Waals surface area contributed by atoms with Crippen LogP contribution in [0.25, 0.3) is 11.1 Å². The van der Waals surface area contributed by atoms with Crippen molar-refractivity contribution >= 4 is 18.0 Å². The Balaban J connectivity index is 1.69. The number of carbonyl (C=O) groups is 3. The Morgan fingerprint density at radius 2 is 1.62 bits per heavy atom. The second-order valence-electron chi connectivity index (χ2n) is 7.62. The molecule has 0 saturated carbocycles. The zero-order chi connectivity index (χ0) is 23.3. The van der Waals surface area contributed by atoms with Crippen molar-refractivity contribution < 1.29 is 29.0 Å². The second-order valence-corrected chi connectivity index (χ2v) is 7.62. The molecule has 0 saturated heterocycles. The first kappa shape index (κ1) is 23.3. The fourth-order valence-corrected chi connectivity index (χ4v) is 4.08. The number of carboxylic acids is 1. The van der Waals surface area contributed by atoms with E-state index >= 15 is 0 Å². The third kappa shape index (κ3) is 4.75. The van der Waals surface area contributed by atoms with Crippen LogP contribution in [0.1, 0.15) is 30.9 Å². The Bertz CT molecular complexity index is 946. The summed E-state index contributed by atoms with van der Waals surface area (Å²) in [6.45, 7) is 3.27. The maximum absolute atomic E-state index is 12.8. The summed E-state index contributed by atoms with van der Waals surface area (Å²) < 4.78 is 10.6. The van der Waals surface area contributed by atoms with Crippen LogP contribution in [0.2, 0.25) is 0 Å². The second kappa shape index (κ2) is 10.3. The summed E-state index contributed by atoms with van der Waals surface area (Å²) in [6, 6.07) is 13.9. The SMILES string of the molecule is CCN(C(=O)C(COC)NC(=O)OCC1c2ccccc2-c2ccccc21)C(C)C(=O)O. The molecule has 2 atom stereocenters. The minimum Gasteiger partial charge on any atom is -0.480 e. The van der Waals surface area contributed by atoms with Crippen molar-refractivity contribution in [3.05, 3.63) is 59.7 Å². The Labute approximate surface area is 187 Å². The molecule has 2 aromatic rings. The van der Waals surface area contributed by atoms with Gasteiger partial charge in [0.1, 0.15) is 18.7 Å². The van der Waals surface area contributed by atoms with E-state index in [0.717, 1.165) is 22.3 Å². The van der Waals surface area contributed by atoms with E-state index in [1.165, 1.54) is 18.9 Å². The number of rotatable bonds is 9. The van der Waals surface area contributed by atoms with Crippen molar-refractivity contribution in [3.8, 4) is 11.1 Å². The summed E-state index contributed by atoms with van der Waals surface area (Å²) in [4.78, 5) is 37.9. The van der Waals surface area contributed by atoms with E-state index in [9.17, 15) is 19.5 Å². The highest BCUT2D eigenvalue weighted by molar-refractivity contribution is 5.89. The molecule has 2 aromatic carbocycles. The van der Waals surface area contributed by atoms with E-state index < -0.39 is 30.1 Å². The molecule has 8 nitrogen and oxygen atoms in total. The van der Waals surface area contributed by atoms with Crippen molar-refractivity contribution in [2.75, 3.05) is 26.9 Å². The van der Waals surface area contributed by atoms with Gasteiger partial charge in [-0.1, -0.05) is 48.5 Å². The molecule has 1 aliphatic rings. The van der Waals surface area contributed by atoms with Gasteiger partial charge in [-0.2, -0.15) is 0 Å². The molecule has 1 aliphatic carbocycles. The topological polar surface area (TPSA) is 105 Å². The van der Waals surface area contributed by atoms with Crippen LogP contribution in [-0.2, 0) is 19.1 Å². The zero-order valence-corrected chi connectivity index (χ0v) is 18.4. The molecule has 2 amide bonds. The molecule has 2 unspecified atom stereocenters. The summed E-state index contributed by atoms with van der Waals surface area (Å²) in [5.74, 6) is -1.78. The fraction of sp³-hybridized carbons (Fsp3) is 0.375. The Hall–Kier alpha value is -3.39. The predicted octanol–water partition coefficient (Wildman–Crippen LogP) is 2.86. The van der Waals surface area contributed by atoms with Gasteiger partial charge in [0.05, 0.1) is 6.61 Å². The maximum Gasteiger partial charge on any atom is 0.407 e. The minimum atomic E-state index is -1.13. The molecule has 0 aromatic heterocycles. The number of hydrogen-bond donors (Lipinski definition) is 2. The largest absolute Gasteiger partial charge is 0.480 e. The number of alkyl carbamates (subject to hydrolysis) is 1. The quantitative estimate of drug-likeness (QED) is 0.621. The van der Waals surface area contributed by atoms with E-state index in [1.54, 1.807) is 6.92 Å².